The molecule has 0 unspecified atom stereocenters. The number of fused-ring (bicyclic) bond motifs is 6. The van der Waals surface area contributed by atoms with Crippen molar-refractivity contribution in [1.29, 1.82) is 0 Å². The quantitative estimate of drug-likeness (QED) is 0.112. The molecule has 3 aromatic heterocycles. The Balaban J connectivity index is 0.998. The Labute approximate surface area is 434 Å². The summed E-state index contributed by atoms with van der Waals surface area (Å²) in [5.41, 5.74) is 12.4. The number of aromatic nitrogens is 5. The van der Waals surface area contributed by atoms with Gasteiger partial charge < -0.3 is 4.57 Å². The van der Waals surface area contributed by atoms with E-state index in [1.807, 2.05) is 0 Å². The molecule has 0 N–H and O–H groups in total. The summed E-state index contributed by atoms with van der Waals surface area (Å²) in [6.07, 6.45) is 0. The third-order valence-corrected chi connectivity index (χ3v) is 20.9. The highest BCUT2D eigenvalue weighted by molar-refractivity contribution is 7.20. The Morgan fingerprint density at radius 2 is 0.893 bits per heavy atom. The number of hydrogen-bond donors (Lipinski definition) is 0. The Hall–Kier alpha value is -9.63. The van der Waals surface area contributed by atoms with Crippen LogP contribution in [0.3, 0.4) is 0 Å². The van der Waals surface area contributed by atoms with Crippen LogP contribution in [0.15, 0.2) is 261 Å². The Morgan fingerprint density at radius 1 is 0.347 bits per heavy atom. The zero-order chi connectivity index (χ0) is 49.2. The molecule has 2 aliphatic heterocycles. The summed E-state index contributed by atoms with van der Waals surface area (Å²) in [7, 11) is -2.93. The summed E-state index contributed by atoms with van der Waals surface area (Å²) in [4.78, 5) is 19.3. The summed E-state index contributed by atoms with van der Waals surface area (Å²) < 4.78 is 4.68. The highest BCUT2D eigenvalue weighted by Gasteiger charge is 2.44. The molecule has 0 saturated carbocycles. The number of rotatable bonds is 8. The third-order valence-electron chi connectivity index (χ3n) is 16.1. The molecule has 0 amide bonds. The predicted molar refractivity (Wildman–Crippen MR) is 314 cm³/mol. The van der Waals surface area contributed by atoms with Crippen LogP contribution in [0.1, 0.15) is 0 Å². The van der Waals surface area contributed by atoms with Gasteiger partial charge in [-0.2, -0.15) is 15.0 Å². The second-order valence-electron chi connectivity index (χ2n) is 19.9. The fourth-order valence-corrected chi connectivity index (χ4v) is 17.9. The molecule has 5 heterocycles. The molecular weight excluding hydrogens is 928 g/mol. The van der Waals surface area contributed by atoms with Gasteiger partial charge >= 0.3 is 0 Å². The van der Waals surface area contributed by atoms with Crippen molar-refractivity contribution in [2.24, 2.45) is 0 Å². The van der Waals surface area contributed by atoms with E-state index in [1.54, 1.807) is 0 Å². The van der Waals surface area contributed by atoms with Crippen molar-refractivity contribution in [3.8, 4) is 23.0 Å². The molecule has 0 spiro atoms. The molecule has 0 bridgehead atoms. The molecule has 348 valence electrons. The van der Waals surface area contributed by atoms with Gasteiger partial charge in [-0.05, 0) is 91.0 Å². The Kier molecular flexibility index (Phi) is 9.05. The van der Waals surface area contributed by atoms with Crippen LogP contribution in [0.2, 0.25) is 0 Å². The van der Waals surface area contributed by atoms with E-state index in [2.05, 4.69) is 275 Å². The minimum atomic E-state index is -2.93. The van der Waals surface area contributed by atoms with Crippen LogP contribution in [0.4, 0.5) is 17.3 Å². The standard InChI is InChI=1S/C67H43BN6Si/c1-5-23-46(24-6-1)72-58-40-39-44-21-20-35-54-61(44)62(58)63-59(72)41-42-60-64(63)68(54)53-34-15-18-38-57(53)74(60)67-70-65(69-66(71-67)73-55-36-16-13-32-51(55)52-33-14-17-37-56(52)73)45-22-19-31-50(43-45)75(47-25-7-2-8-26-47,48-27-9-3-10-28-48)49-29-11-4-12-30-49/h1-43H. The van der Waals surface area contributed by atoms with Gasteiger partial charge in [-0.3, -0.25) is 9.47 Å². The molecule has 16 rings (SSSR count). The molecule has 11 aromatic carbocycles. The summed E-state index contributed by atoms with van der Waals surface area (Å²) >= 11 is 0. The van der Waals surface area contributed by atoms with Crippen LogP contribution in [-0.2, 0) is 0 Å². The number of benzene rings is 11. The van der Waals surface area contributed by atoms with E-state index in [4.69, 9.17) is 15.0 Å². The molecule has 0 atom stereocenters. The molecule has 0 aliphatic carbocycles. The van der Waals surface area contributed by atoms with Crippen LogP contribution in [0, 0.1) is 0 Å². The molecule has 0 saturated heterocycles. The molecule has 14 aromatic rings. The van der Waals surface area contributed by atoms with Gasteiger partial charge in [-0.25, -0.2) is 0 Å². The van der Waals surface area contributed by atoms with Crippen molar-refractivity contribution in [2.45, 2.75) is 0 Å². The van der Waals surface area contributed by atoms with E-state index < -0.39 is 8.07 Å². The molecule has 0 radical (unpaired) electrons. The largest absolute Gasteiger partial charge is 0.309 e. The van der Waals surface area contributed by atoms with E-state index in [-0.39, 0.29) is 6.71 Å². The summed E-state index contributed by atoms with van der Waals surface area (Å²) in [6.45, 7) is -0.0218. The van der Waals surface area contributed by atoms with Crippen LogP contribution in [-0.4, -0.2) is 38.9 Å². The smallest absolute Gasteiger partial charge is 0.248 e. The van der Waals surface area contributed by atoms with Crippen LogP contribution >= 0.6 is 0 Å². The lowest BCUT2D eigenvalue weighted by Gasteiger charge is -2.37. The fourth-order valence-electron chi connectivity index (χ4n) is 13.1. The monoisotopic (exact) mass is 970 g/mol. The highest BCUT2D eigenvalue weighted by Crippen LogP contribution is 2.44. The van der Waals surface area contributed by atoms with Crippen LogP contribution in [0.5, 0.6) is 0 Å². The minimum Gasteiger partial charge on any atom is -0.309 e. The molecule has 75 heavy (non-hydrogen) atoms. The van der Waals surface area contributed by atoms with Gasteiger partial charge in [-0.15, -0.1) is 0 Å². The average molecular weight is 971 g/mol. The first-order valence-corrected chi connectivity index (χ1v) is 27.7. The zero-order valence-electron chi connectivity index (χ0n) is 40.6. The van der Waals surface area contributed by atoms with E-state index >= 15 is 0 Å². The molecule has 8 heteroatoms. The third kappa shape index (κ3) is 5.94. The Bertz CT molecular complexity index is 4460. The highest BCUT2D eigenvalue weighted by atomic mass is 28.3. The number of para-hydroxylation sites is 4. The normalized spacial score (nSPS) is 12.7. The summed E-state index contributed by atoms with van der Waals surface area (Å²) in [5, 5.41) is 12.6. The van der Waals surface area contributed by atoms with Crippen molar-refractivity contribution < 1.29 is 0 Å². The van der Waals surface area contributed by atoms with Gasteiger partial charge in [0.25, 0.3) is 0 Å². The van der Waals surface area contributed by atoms with Crippen molar-refractivity contribution in [2.75, 3.05) is 4.90 Å². The van der Waals surface area contributed by atoms with E-state index in [9.17, 15) is 0 Å². The molecule has 0 fully saturated rings. The SMILES string of the molecule is c1ccc(-n2c3ccc4c5c3c3c6c(cccc6ccc32)B5c2ccccc2N4c2nc(-c3cccc([Si](c4ccccc4)(c4ccccc4)c4ccccc4)c3)nc(-n3c4ccccc4c4ccccc43)n2)cc1. The number of hydrogen-bond acceptors (Lipinski definition) is 4. The van der Waals surface area contributed by atoms with Gasteiger partial charge in [0.15, 0.2) is 13.9 Å². The lowest BCUT2D eigenvalue weighted by molar-refractivity contribution is 0.934. The first-order chi connectivity index (χ1) is 37.2. The summed E-state index contributed by atoms with van der Waals surface area (Å²) in [6, 6.07) is 95.3. The second kappa shape index (κ2) is 16.2. The van der Waals surface area contributed by atoms with Crippen molar-refractivity contribution in [1.82, 2.24) is 24.1 Å². The number of anilines is 3. The average Bonchev–Trinajstić information content (AvgIpc) is 4.18. The Morgan fingerprint density at radius 3 is 1.59 bits per heavy atom. The van der Waals surface area contributed by atoms with Gasteiger partial charge in [0, 0.05) is 44.2 Å². The van der Waals surface area contributed by atoms with Gasteiger partial charge in [-0.1, -0.05) is 218 Å². The van der Waals surface area contributed by atoms with Gasteiger partial charge in [0.05, 0.1) is 22.1 Å². The summed E-state index contributed by atoms with van der Waals surface area (Å²) in [5.74, 6) is 1.70. The van der Waals surface area contributed by atoms with E-state index in [0.29, 0.717) is 17.7 Å². The maximum Gasteiger partial charge on any atom is 0.248 e. The maximum absolute atomic E-state index is 5.71. The van der Waals surface area contributed by atoms with Crippen LogP contribution < -0.4 is 42.0 Å². The first-order valence-electron chi connectivity index (χ1n) is 25.7. The second-order valence-corrected chi connectivity index (χ2v) is 23.7. The minimum absolute atomic E-state index is 0.0218. The van der Waals surface area contributed by atoms with Crippen LogP contribution in [0.25, 0.3) is 77.4 Å². The molecule has 6 nitrogen and oxygen atoms in total. The van der Waals surface area contributed by atoms with Crippen molar-refractivity contribution >= 4 is 124 Å². The fraction of sp³-hybridized carbons (Fsp3) is 0. The topological polar surface area (TPSA) is 51.8 Å². The number of nitrogens with zero attached hydrogens (tertiary/aromatic N) is 6. The first kappa shape index (κ1) is 41.9. The maximum atomic E-state index is 5.71. The van der Waals surface area contributed by atoms with Crippen molar-refractivity contribution in [3.63, 3.8) is 0 Å². The zero-order valence-corrected chi connectivity index (χ0v) is 41.6. The van der Waals surface area contributed by atoms with Gasteiger partial charge in [0.2, 0.25) is 18.6 Å². The lowest BCUT2D eigenvalue weighted by Crippen LogP contribution is -2.74. The predicted octanol–water partition coefficient (Wildman–Crippen LogP) is 10.9. The lowest BCUT2D eigenvalue weighted by atomic mass is 9.33. The van der Waals surface area contributed by atoms with E-state index in [1.165, 1.54) is 69.7 Å². The molecule has 2 aliphatic rings. The van der Waals surface area contributed by atoms with E-state index in [0.717, 1.165) is 44.4 Å². The van der Waals surface area contributed by atoms with Crippen molar-refractivity contribution in [3.05, 3.63) is 261 Å². The molecular formula is C67H43BN6Si. The van der Waals surface area contributed by atoms with Gasteiger partial charge in [0.1, 0.15) is 0 Å².